The van der Waals surface area contributed by atoms with Crippen LogP contribution >= 0.6 is 0 Å². The molecule has 0 spiro atoms. The predicted octanol–water partition coefficient (Wildman–Crippen LogP) is 1.39. The highest BCUT2D eigenvalue weighted by Crippen LogP contribution is 2.27. The van der Waals surface area contributed by atoms with Crippen molar-refractivity contribution in [3.05, 3.63) is 23.8 Å². The summed E-state index contributed by atoms with van der Waals surface area (Å²) in [5, 5.41) is 0. The molecular formula is C12H16F2N2O3S. The van der Waals surface area contributed by atoms with E-state index in [0.29, 0.717) is 19.4 Å². The van der Waals surface area contributed by atoms with Gasteiger partial charge in [0.05, 0.1) is 6.10 Å². The van der Waals surface area contributed by atoms with E-state index >= 15 is 0 Å². The van der Waals surface area contributed by atoms with Crippen LogP contribution in [0.5, 0.6) is 0 Å². The molecule has 0 amide bonds. The van der Waals surface area contributed by atoms with Crippen molar-refractivity contribution in [1.82, 2.24) is 4.72 Å². The van der Waals surface area contributed by atoms with Crippen LogP contribution in [0.4, 0.5) is 14.5 Å². The smallest absolute Gasteiger partial charge is 0.246 e. The number of rotatable bonds is 5. The summed E-state index contributed by atoms with van der Waals surface area (Å²) in [6.07, 6.45) is 0.977. The minimum atomic E-state index is -4.25. The first-order chi connectivity index (χ1) is 9.33. The van der Waals surface area contributed by atoms with Gasteiger partial charge in [0.15, 0.2) is 4.90 Å². The lowest BCUT2D eigenvalue weighted by molar-refractivity contribution is -0.00477. The molecule has 3 N–H and O–H groups in total. The van der Waals surface area contributed by atoms with E-state index in [1.165, 1.54) is 0 Å². The Hall–Kier alpha value is -1.25. The summed E-state index contributed by atoms with van der Waals surface area (Å²) in [6, 6.07) is 1.19. The number of sulfonamides is 1. The maximum Gasteiger partial charge on any atom is 0.246 e. The van der Waals surface area contributed by atoms with E-state index in [4.69, 9.17) is 10.5 Å². The highest BCUT2D eigenvalue weighted by atomic mass is 32.2. The van der Waals surface area contributed by atoms with E-state index in [-0.39, 0.29) is 17.8 Å². The normalized spacial score (nSPS) is 22.6. The van der Waals surface area contributed by atoms with Crippen molar-refractivity contribution in [3.8, 4) is 0 Å². The van der Waals surface area contributed by atoms with Crippen molar-refractivity contribution in [3.63, 3.8) is 0 Å². The van der Waals surface area contributed by atoms with Crippen LogP contribution in [0.15, 0.2) is 17.0 Å². The zero-order chi connectivity index (χ0) is 14.9. The van der Waals surface area contributed by atoms with Gasteiger partial charge in [-0.3, -0.25) is 0 Å². The number of nitrogen functional groups attached to an aromatic ring is 1. The van der Waals surface area contributed by atoms with Gasteiger partial charge < -0.3 is 10.5 Å². The van der Waals surface area contributed by atoms with Gasteiger partial charge in [0, 0.05) is 18.3 Å². The number of hydrogen-bond acceptors (Lipinski definition) is 4. The Labute approximate surface area is 116 Å². The topological polar surface area (TPSA) is 81.4 Å². The van der Waals surface area contributed by atoms with Crippen LogP contribution in [0.2, 0.25) is 0 Å². The first-order valence-corrected chi connectivity index (χ1v) is 7.70. The third kappa shape index (κ3) is 3.08. The number of benzene rings is 1. The van der Waals surface area contributed by atoms with Gasteiger partial charge in [-0.25, -0.2) is 21.9 Å². The Kier molecular flexibility index (Phi) is 4.26. The van der Waals surface area contributed by atoms with Gasteiger partial charge in [-0.1, -0.05) is 0 Å². The quantitative estimate of drug-likeness (QED) is 0.806. The molecule has 1 aliphatic rings. The van der Waals surface area contributed by atoms with Gasteiger partial charge in [-0.2, -0.15) is 0 Å². The average Bonchev–Trinajstić information content (AvgIpc) is 2.23. The fourth-order valence-electron chi connectivity index (χ4n) is 2.15. The van der Waals surface area contributed by atoms with Crippen LogP contribution in [-0.2, 0) is 14.8 Å². The highest BCUT2D eigenvalue weighted by Gasteiger charge is 2.35. The largest absolute Gasteiger partial charge is 0.399 e. The minimum absolute atomic E-state index is 0.00573. The first kappa shape index (κ1) is 15.1. The molecule has 0 aliphatic heterocycles. The predicted molar refractivity (Wildman–Crippen MR) is 69.5 cm³/mol. The van der Waals surface area contributed by atoms with Crippen molar-refractivity contribution in [2.75, 3.05) is 12.3 Å². The summed E-state index contributed by atoms with van der Waals surface area (Å²) in [6.45, 7) is 2.39. The summed E-state index contributed by atoms with van der Waals surface area (Å²) < 4.78 is 58.7. The van der Waals surface area contributed by atoms with Gasteiger partial charge in [-0.15, -0.1) is 0 Å². The number of anilines is 1. The second-order valence-corrected chi connectivity index (χ2v) is 6.33. The molecule has 112 valence electrons. The maximum atomic E-state index is 13.6. The molecule has 0 aromatic heterocycles. The zero-order valence-corrected chi connectivity index (χ0v) is 11.7. The maximum absolute atomic E-state index is 13.6. The van der Waals surface area contributed by atoms with E-state index < -0.39 is 26.6 Å². The number of nitrogens with one attached hydrogen (secondary N) is 1. The monoisotopic (exact) mass is 306 g/mol. The Morgan fingerprint density at radius 2 is 1.90 bits per heavy atom. The Bertz CT molecular complexity index is 578. The second kappa shape index (κ2) is 5.63. The van der Waals surface area contributed by atoms with Crippen LogP contribution in [0, 0.1) is 11.6 Å². The van der Waals surface area contributed by atoms with Gasteiger partial charge in [0.25, 0.3) is 0 Å². The van der Waals surface area contributed by atoms with Crippen LogP contribution in [0.25, 0.3) is 0 Å². The molecule has 1 aromatic carbocycles. The van der Waals surface area contributed by atoms with E-state index in [1.807, 2.05) is 6.92 Å². The molecule has 0 radical (unpaired) electrons. The molecule has 1 aliphatic carbocycles. The second-order valence-electron chi connectivity index (χ2n) is 4.68. The summed E-state index contributed by atoms with van der Waals surface area (Å²) in [5.41, 5.74) is 5.08. The number of halogens is 2. The molecular weight excluding hydrogens is 290 g/mol. The molecule has 2 rings (SSSR count). The van der Waals surface area contributed by atoms with Gasteiger partial charge in [0.1, 0.15) is 11.6 Å². The summed E-state index contributed by atoms with van der Waals surface area (Å²) in [5.74, 6) is -2.40. The van der Waals surface area contributed by atoms with Crippen molar-refractivity contribution in [1.29, 1.82) is 0 Å². The molecule has 1 fully saturated rings. The Balaban J connectivity index is 2.12. The molecule has 0 heterocycles. The Morgan fingerprint density at radius 3 is 2.40 bits per heavy atom. The lowest BCUT2D eigenvalue weighted by Gasteiger charge is -2.35. The standard InChI is InChI=1S/C12H16F2N2O3S/c1-2-19-9-5-8(6-9)16-20(17,18)12-10(13)3-7(15)4-11(12)14/h3-4,8-9,16H,2,5-6,15H2,1H3. The molecule has 0 unspecified atom stereocenters. The SMILES string of the molecule is CCOC1CC(NS(=O)(=O)c2c(F)cc(N)cc2F)C1. The van der Waals surface area contributed by atoms with E-state index in [0.717, 1.165) is 12.1 Å². The van der Waals surface area contributed by atoms with Crippen LogP contribution in [0.1, 0.15) is 19.8 Å². The van der Waals surface area contributed by atoms with Crippen molar-refractivity contribution in [2.45, 2.75) is 36.8 Å². The highest BCUT2D eigenvalue weighted by molar-refractivity contribution is 7.89. The number of hydrogen-bond donors (Lipinski definition) is 2. The molecule has 0 bridgehead atoms. The average molecular weight is 306 g/mol. The molecule has 1 saturated carbocycles. The van der Waals surface area contributed by atoms with Gasteiger partial charge >= 0.3 is 0 Å². The molecule has 5 nitrogen and oxygen atoms in total. The van der Waals surface area contributed by atoms with Gasteiger partial charge in [0.2, 0.25) is 10.0 Å². The van der Waals surface area contributed by atoms with Crippen LogP contribution in [-0.4, -0.2) is 27.2 Å². The lowest BCUT2D eigenvalue weighted by atomic mass is 9.90. The molecule has 20 heavy (non-hydrogen) atoms. The summed E-state index contributed by atoms with van der Waals surface area (Å²) >= 11 is 0. The minimum Gasteiger partial charge on any atom is -0.399 e. The molecule has 1 aromatic rings. The third-order valence-electron chi connectivity index (χ3n) is 3.11. The van der Waals surface area contributed by atoms with Crippen LogP contribution in [0.3, 0.4) is 0 Å². The first-order valence-electron chi connectivity index (χ1n) is 6.22. The van der Waals surface area contributed by atoms with Gasteiger partial charge in [-0.05, 0) is 31.9 Å². The lowest BCUT2D eigenvalue weighted by Crippen LogP contribution is -2.48. The zero-order valence-electron chi connectivity index (χ0n) is 10.9. The number of nitrogens with two attached hydrogens (primary N) is 1. The van der Waals surface area contributed by atoms with E-state index in [9.17, 15) is 17.2 Å². The van der Waals surface area contributed by atoms with E-state index in [2.05, 4.69) is 4.72 Å². The van der Waals surface area contributed by atoms with Crippen molar-refractivity contribution < 1.29 is 21.9 Å². The Morgan fingerprint density at radius 1 is 1.35 bits per heavy atom. The third-order valence-corrected chi connectivity index (χ3v) is 4.68. The molecule has 0 atom stereocenters. The summed E-state index contributed by atoms with van der Waals surface area (Å²) in [4.78, 5) is -0.994. The molecule has 8 heteroatoms. The van der Waals surface area contributed by atoms with Crippen molar-refractivity contribution in [2.24, 2.45) is 0 Å². The van der Waals surface area contributed by atoms with E-state index in [1.54, 1.807) is 0 Å². The van der Waals surface area contributed by atoms with Crippen molar-refractivity contribution >= 4 is 15.7 Å². The van der Waals surface area contributed by atoms with Crippen LogP contribution < -0.4 is 10.5 Å². The fraction of sp³-hybridized carbons (Fsp3) is 0.500. The molecule has 0 saturated heterocycles. The fourth-order valence-corrected chi connectivity index (χ4v) is 3.53. The summed E-state index contributed by atoms with van der Waals surface area (Å²) in [7, 11) is -4.25. The number of ether oxygens (including phenoxy) is 1.